The Kier molecular flexibility index (Phi) is 6.91. The largest absolute Gasteiger partial charge is 0.317 e. The Labute approximate surface area is 100 Å². The van der Waals surface area contributed by atoms with E-state index in [0.717, 1.165) is 6.04 Å². The highest BCUT2D eigenvalue weighted by Gasteiger charge is 2.03. The molecule has 0 spiro atoms. The fourth-order valence-corrected chi connectivity index (χ4v) is 2.15. The molecule has 1 rings (SSSR count). The first kappa shape index (κ1) is 13.2. The van der Waals surface area contributed by atoms with Gasteiger partial charge in [-0.25, -0.2) is 0 Å². The van der Waals surface area contributed by atoms with E-state index in [-0.39, 0.29) is 0 Å². The average molecular weight is 219 g/mol. The molecule has 1 atom stereocenters. The van der Waals surface area contributed by atoms with Gasteiger partial charge in [0, 0.05) is 6.04 Å². The maximum Gasteiger partial charge on any atom is 0.00639 e. The van der Waals surface area contributed by atoms with Gasteiger partial charge in [0.25, 0.3) is 0 Å². The molecule has 0 saturated heterocycles. The zero-order valence-electron chi connectivity index (χ0n) is 10.7. The van der Waals surface area contributed by atoms with Crippen LogP contribution in [-0.2, 0) is 6.42 Å². The summed E-state index contributed by atoms with van der Waals surface area (Å²) in [7, 11) is 2.08. The minimum Gasteiger partial charge on any atom is -0.317 e. The van der Waals surface area contributed by atoms with E-state index < -0.39 is 0 Å². The minimum atomic E-state index is 0.723. The van der Waals surface area contributed by atoms with Gasteiger partial charge in [-0.05, 0) is 38.3 Å². The predicted molar refractivity (Wildman–Crippen MR) is 71.8 cm³/mol. The number of aryl methyl sites for hydroxylation is 1. The Morgan fingerprint density at radius 2 is 1.81 bits per heavy atom. The molecule has 1 nitrogen and oxygen atoms in total. The summed E-state index contributed by atoms with van der Waals surface area (Å²) < 4.78 is 0. The van der Waals surface area contributed by atoms with Crippen molar-refractivity contribution in [1.29, 1.82) is 0 Å². The summed E-state index contributed by atoms with van der Waals surface area (Å²) in [5, 5.41) is 3.40. The van der Waals surface area contributed by atoms with Crippen LogP contribution < -0.4 is 5.32 Å². The second kappa shape index (κ2) is 8.35. The molecule has 0 aliphatic rings. The van der Waals surface area contributed by atoms with E-state index in [4.69, 9.17) is 0 Å². The van der Waals surface area contributed by atoms with E-state index in [0.29, 0.717) is 0 Å². The number of unbranched alkanes of at least 4 members (excludes halogenated alkanes) is 1. The molecule has 1 N–H and O–H groups in total. The van der Waals surface area contributed by atoms with Crippen LogP contribution in [0.5, 0.6) is 0 Å². The molecule has 0 saturated carbocycles. The topological polar surface area (TPSA) is 12.0 Å². The van der Waals surface area contributed by atoms with Crippen molar-refractivity contribution in [1.82, 2.24) is 5.32 Å². The van der Waals surface area contributed by atoms with Gasteiger partial charge in [-0.3, -0.25) is 0 Å². The summed E-state index contributed by atoms with van der Waals surface area (Å²) in [6.07, 6.45) is 7.78. The maximum atomic E-state index is 3.40. The lowest BCUT2D eigenvalue weighted by Gasteiger charge is -2.14. The van der Waals surface area contributed by atoms with Gasteiger partial charge in [0.15, 0.2) is 0 Å². The molecule has 0 aromatic heterocycles. The van der Waals surface area contributed by atoms with Crippen LogP contribution in [0.25, 0.3) is 0 Å². The molecule has 0 bridgehead atoms. The van der Waals surface area contributed by atoms with Crippen molar-refractivity contribution in [2.24, 2.45) is 0 Å². The quantitative estimate of drug-likeness (QED) is 0.656. The maximum absolute atomic E-state index is 3.40. The first-order valence-corrected chi connectivity index (χ1v) is 6.58. The molecule has 0 amide bonds. The highest BCUT2D eigenvalue weighted by molar-refractivity contribution is 5.14. The standard InChI is InChI=1S/C15H25N/c1-3-9-15(16-2)13-8-7-12-14-10-5-4-6-11-14/h4-6,10-11,15-16H,3,7-9,12-13H2,1-2H3. The number of nitrogens with one attached hydrogen (secondary N) is 1. The molecule has 16 heavy (non-hydrogen) atoms. The van der Waals surface area contributed by atoms with Gasteiger partial charge in [-0.1, -0.05) is 50.1 Å². The van der Waals surface area contributed by atoms with Gasteiger partial charge in [-0.2, -0.15) is 0 Å². The lowest BCUT2D eigenvalue weighted by Crippen LogP contribution is -2.24. The molecule has 1 aromatic rings. The van der Waals surface area contributed by atoms with E-state index in [2.05, 4.69) is 49.6 Å². The Bertz CT molecular complexity index is 255. The first-order chi connectivity index (χ1) is 7.86. The second-order valence-electron chi connectivity index (χ2n) is 4.51. The van der Waals surface area contributed by atoms with Gasteiger partial charge in [0.2, 0.25) is 0 Å². The van der Waals surface area contributed by atoms with Crippen LogP contribution in [0, 0.1) is 0 Å². The van der Waals surface area contributed by atoms with Crippen LogP contribution in [0.3, 0.4) is 0 Å². The molecule has 0 aliphatic heterocycles. The SMILES string of the molecule is CCCC(CCCCc1ccccc1)NC. The molecule has 0 radical (unpaired) electrons. The molecule has 0 aliphatic carbocycles. The zero-order valence-corrected chi connectivity index (χ0v) is 10.7. The highest BCUT2D eigenvalue weighted by Crippen LogP contribution is 2.10. The van der Waals surface area contributed by atoms with Crippen LogP contribution >= 0.6 is 0 Å². The molecule has 1 unspecified atom stereocenters. The van der Waals surface area contributed by atoms with Crippen molar-refractivity contribution in [2.75, 3.05) is 7.05 Å². The Morgan fingerprint density at radius 3 is 2.44 bits per heavy atom. The summed E-state index contributed by atoms with van der Waals surface area (Å²) in [4.78, 5) is 0. The third kappa shape index (κ3) is 5.32. The normalized spacial score (nSPS) is 12.6. The first-order valence-electron chi connectivity index (χ1n) is 6.58. The number of hydrogen-bond acceptors (Lipinski definition) is 1. The van der Waals surface area contributed by atoms with Crippen molar-refractivity contribution in [3.05, 3.63) is 35.9 Å². The van der Waals surface area contributed by atoms with Crippen LogP contribution in [0.15, 0.2) is 30.3 Å². The van der Waals surface area contributed by atoms with Gasteiger partial charge < -0.3 is 5.32 Å². The second-order valence-corrected chi connectivity index (χ2v) is 4.51. The van der Waals surface area contributed by atoms with E-state index in [1.54, 1.807) is 0 Å². The summed E-state index contributed by atoms with van der Waals surface area (Å²) in [5.41, 5.74) is 1.47. The van der Waals surface area contributed by atoms with Crippen LogP contribution in [0.2, 0.25) is 0 Å². The lowest BCUT2D eigenvalue weighted by molar-refractivity contribution is 0.462. The zero-order chi connectivity index (χ0) is 11.6. The third-order valence-electron chi connectivity index (χ3n) is 3.16. The van der Waals surface area contributed by atoms with E-state index >= 15 is 0 Å². The summed E-state index contributed by atoms with van der Waals surface area (Å²) in [6.45, 7) is 2.26. The monoisotopic (exact) mass is 219 g/mol. The Hall–Kier alpha value is -0.820. The number of hydrogen-bond donors (Lipinski definition) is 1. The van der Waals surface area contributed by atoms with Crippen molar-refractivity contribution in [3.8, 4) is 0 Å². The fraction of sp³-hybridized carbons (Fsp3) is 0.600. The molecular formula is C15H25N. The van der Waals surface area contributed by atoms with Crippen LogP contribution in [0.1, 0.15) is 44.6 Å². The van der Waals surface area contributed by atoms with Gasteiger partial charge in [0.1, 0.15) is 0 Å². The molecule has 0 fully saturated rings. The lowest BCUT2D eigenvalue weighted by atomic mass is 10.0. The predicted octanol–water partition coefficient (Wildman–Crippen LogP) is 3.79. The van der Waals surface area contributed by atoms with E-state index in [9.17, 15) is 0 Å². The van der Waals surface area contributed by atoms with Crippen molar-refractivity contribution >= 4 is 0 Å². The highest BCUT2D eigenvalue weighted by atomic mass is 14.9. The van der Waals surface area contributed by atoms with Crippen molar-refractivity contribution in [3.63, 3.8) is 0 Å². The van der Waals surface area contributed by atoms with Crippen molar-refractivity contribution < 1.29 is 0 Å². The molecule has 1 heteroatoms. The van der Waals surface area contributed by atoms with E-state index in [1.807, 2.05) is 0 Å². The molecular weight excluding hydrogens is 194 g/mol. The minimum absolute atomic E-state index is 0.723. The fourth-order valence-electron chi connectivity index (χ4n) is 2.15. The summed E-state index contributed by atoms with van der Waals surface area (Å²) in [6, 6.07) is 11.5. The van der Waals surface area contributed by atoms with E-state index in [1.165, 1.54) is 44.1 Å². The van der Waals surface area contributed by atoms with Gasteiger partial charge in [0.05, 0.1) is 0 Å². The van der Waals surface area contributed by atoms with Crippen LogP contribution in [0.4, 0.5) is 0 Å². The summed E-state index contributed by atoms with van der Waals surface area (Å²) in [5.74, 6) is 0. The van der Waals surface area contributed by atoms with Crippen LogP contribution in [-0.4, -0.2) is 13.1 Å². The number of benzene rings is 1. The number of rotatable bonds is 8. The smallest absolute Gasteiger partial charge is 0.00639 e. The Balaban J connectivity index is 2.11. The summed E-state index contributed by atoms with van der Waals surface area (Å²) >= 11 is 0. The van der Waals surface area contributed by atoms with Gasteiger partial charge >= 0.3 is 0 Å². The molecule has 1 aromatic carbocycles. The molecule has 0 heterocycles. The van der Waals surface area contributed by atoms with Crippen molar-refractivity contribution in [2.45, 2.75) is 51.5 Å². The average Bonchev–Trinajstić information content (AvgIpc) is 2.34. The molecule has 90 valence electrons. The third-order valence-corrected chi connectivity index (χ3v) is 3.16. The Morgan fingerprint density at radius 1 is 1.06 bits per heavy atom. The van der Waals surface area contributed by atoms with Gasteiger partial charge in [-0.15, -0.1) is 0 Å².